The average Bonchev–Trinajstić information content (AvgIpc) is 2.93. The largest absolute Gasteiger partial charge is 0.388 e. The van der Waals surface area contributed by atoms with E-state index >= 15 is 0 Å². The molecule has 0 bridgehead atoms. The SMILES string of the molecule is CCn1ccc(-n2c(C)cc3c2CCCC3O)n1. The standard InChI is InChI=1S/C14H19N3O/c1-3-16-8-7-14(15-16)17-10(2)9-11-12(17)5-4-6-13(11)18/h7-9,13,18H,3-6H2,1-2H3. The first kappa shape index (κ1) is 11.5. The fourth-order valence-corrected chi connectivity index (χ4v) is 2.84. The van der Waals surface area contributed by atoms with Gasteiger partial charge in [0.15, 0.2) is 5.82 Å². The molecule has 4 heteroatoms. The van der Waals surface area contributed by atoms with Crippen molar-refractivity contribution >= 4 is 0 Å². The number of aliphatic hydroxyl groups excluding tert-OH is 1. The Morgan fingerprint density at radius 2 is 2.33 bits per heavy atom. The molecule has 18 heavy (non-hydrogen) atoms. The van der Waals surface area contributed by atoms with E-state index in [0.29, 0.717) is 0 Å². The van der Waals surface area contributed by atoms with Crippen molar-refractivity contribution in [1.29, 1.82) is 0 Å². The summed E-state index contributed by atoms with van der Waals surface area (Å²) in [6.45, 7) is 5.04. The van der Waals surface area contributed by atoms with Crippen molar-refractivity contribution in [2.24, 2.45) is 0 Å². The molecule has 0 spiro atoms. The molecule has 2 aromatic rings. The Bertz CT molecular complexity index is 568. The van der Waals surface area contributed by atoms with Crippen LogP contribution in [-0.2, 0) is 13.0 Å². The summed E-state index contributed by atoms with van der Waals surface area (Å²) in [5.74, 6) is 0.963. The maximum absolute atomic E-state index is 10.1. The van der Waals surface area contributed by atoms with Gasteiger partial charge in [-0.3, -0.25) is 4.68 Å². The first-order chi connectivity index (χ1) is 8.70. The summed E-state index contributed by atoms with van der Waals surface area (Å²) in [7, 11) is 0. The van der Waals surface area contributed by atoms with Crippen LogP contribution < -0.4 is 0 Å². The summed E-state index contributed by atoms with van der Waals surface area (Å²) in [6, 6.07) is 4.14. The summed E-state index contributed by atoms with van der Waals surface area (Å²) in [5, 5.41) is 14.6. The fourth-order valence-electron chi connectivity index (χ4n) is 2.84. The molecule has 0 amide bonds. The van der Waals surface area contributed by atoms with Gasteiger partial charge in [-0.25, -0.2) is 0 Å². The predicted octanol–water partition coefficient (Wildman–Crippen LogP) is 2.37. The van der Waals surface area contributed by atoms with E-state index in [1.165, 1.54) is 5.69 Å². The maximum Gasteiger partial charge on any atom is 0.159 e. The van der Waals surface area contributed by atoms with Gasteiger partial charge in [-0.05, 0) is 39.2 Å². The molecule has 2 aromatic heterocycles. The Labute approximate surface area is 107 Å². The van der Waals surface area contributed by atoms with Gasteiger partial charge < -0.3 is 9.67 Å². The summed E-state index contributed by atoms with van der Waals surface area (Å²) >= 11 is 0. The van der Waals surface area contributed by atoms with E-state index < -0.39 is 0 Å². The van der Waals surface area contributed by atoms with Crippen LogP contribution in [-0.4, -0.2) is 19.5 Å². The Morgan fingerprint density at radius 1 is 1.50 bits per heavy atom. The quantitative estimate of drug-likeness (QED) is 0.882. The first-order valence-electron chi connectivity index (χ1n) is 6.63. The van der Waals surface area contributed by atoms with E-state index in [1.54, 1.807) is 0 Å². The Kier molecular flexibility index (Phi) is 2.74. The second-order valence-electron chi connectivity index (χ2n) is 4.96. The number of nitrogens with zero attached hydrogens (tertiary/aromatic N) is 3. The zero-order chi connectivity index (χ0) is 12.7. The molecule has 1 N–H and O–H groups in total. The molecule has 4 nitrogen and oxygen atoms in total. The third kappa shape index (κ3) is 1.68. The molecule has 0 fully saturated rings. The Hall–Kier alpha value is -1.55. The van der Waals surface area contributed by atoms with Gasteiger partial charge in [0, 0.05) is 35.8 Å². The lowest BCUT2D eigenvalue weighted by atomic mass is 9.95. The summed E-state index contributed by atoms with van der Waals surface area (Å²) in [6.07, 6.45) is 4.65. The molecular formula is C14H19N3O. The van der Waals surface area contributed by atoms with Crippen molar-refractivity contribution in [2.45, 2.75) is 45.8 Å². The molecular weight excluding hydrogens is 226 g/mol. The monoisotopic (exact) mass is 245 g/mol. The average molecular weight is 245 g/mol. The fraction of sp³-hybridized carbons (Fsp3) is 0.500. The minimum Gasteiger partial charge on any atom is -0.388 e. The van der Waals surface area contributed by atoms with Crippen molar-refractivity contribution in [3.05, 3.63) is 35.3 Å². The van der Waals surface area contributed by atoms with E-state index in [-0.39, 0.29) is 6.10 Å². The smallest absolute Gasteiger partial charge is 0.159 e. The number of hydrogen-bond donors (Lipinski definition) is 1. The van der Waals surface area contributed by atoms with Gasteiger partial charge in [0.2, 0.25) is 0 Å². The van der Waals surface area contributed by atoms with Crippen LogP contribution in [0.15, 0.2) is 18.3 Å². The highest BCUT2D eigenvalue weighted by molar-refractivity contribution is 5.39. The first-order valence-corrected chi connectivity index (χ1v) is 6.63. The van der Waals surface area contributed by atoms with Crippen LogP contribution in [0, 0.1) is 6.92 Å². The zero-order valence-electron chi connectivity index (χ0n) is 10.9. The van der Waals surface area contributed by atoms with Crippen molar-refractivity contribution in [3.63, 3.8) is 0 Å². The highest BCUT2D eigenvalue weighted by Gasteiger charge is 2.24. The van der Waals surface area contributed by atoms with Crippen LogP contribution in [0.25, 0.3) is 5.82 Å². The summed E-state index contributed by atoms with van der Waals surface area (Å²) < 4.78 is 4.12. The molecule has 0 aliphatic heterocycles. The summed E-state index contributed by atoms with van der Waals surface area (Å²) in [4.78, 5) is 0. The van der Waals surface area contributed by atoms with E-state index in [9.17, 15) is 5.11 Å². The molecule has 0 radical (unpaired) electrons. The number of aromatic nitrogens is 3. The van der Waals surface area contributed by atoms with Crippen molar-refractivity contribution in [3.8, 4) is 5.82 Å². The molecule has 0 aromatic carbocycles. The molecule has 0 saturated carbocycles. The summed E-state index contributed by atoms with van der Waals surface area (Å²) in [5.41, 5.74) is 3.47. The van der Waals surface area contributed by atoms with Crippen LogP contribution in [0.3, 0.4) is 0 Å². The van der Waals surface area contributed by atoms with Gasteiger partial charge >= 0.3 is 0 Å². The molecule has 1 aliphatic rings. The minimum absolute atomic E-state index is 0.304. The van der Waals surface area contributed by atoms with E-state index in [0.717, 1.165) is 42.9 Å². The normalized spacial score (nSPS) is 18.9. The van der Waals surface area contributed by atoms with Crippen molar-refractivity contribution in [2.75, 3.05) is 0 Å². The third-order valence-corrected chi connectivity index (χ3v) is 3.75. The molecule has 96 valence electrons. The molecule has 1 aliphatic carbocycles. The van der Waals surface area contributed by atoms with Crippen LogP contribution in [0.2, 0.25) is 0 Å². The highest BCUT2D eigenvalue weighted by Crippen LogP contribution is 2.33. The van der Waals surface area contributed by atoms with Gasteiger partial charge in [-0.15, -0.1) is 0 Å². The number of hydrogen-bond acceptors (Lipinski definition) is 2. The minimum atomic E-state index is -0.304. The van der Waals surface area contributed by atoms with Gasteiger partial charge in [-0.2, -0.15) is 5.10 Å². The third-order valence-electron chi connectivity index (χ3n) is 3.75. The van der Waals surface area contributed by atoms with E-state index in [2.05, 4.69) is 29.6 Å². The van der Waals surface area contributed by atoms with Crippen molar-refractivity contribution in [1.82, 2.24) is 14.3 Å². The van der Waals surface area contributed by atoms with Gasteiger partial charge in [-0.1, -0.05) is 0 Å². The lowest BCUT2D eigenvalue weighted by Gasteiger charge is -2.19. The highest BCUT2D eigenvalue weighted by atomic mass is 16.3. The number of rotatable bonds is 2. The Balaban J connectivity index is 2.11. The van der Waals surface area contributed by atoms with E-state index in [1.807, 2.05) is 16.9 Å². The van der Waals surface area contributed by atoms with Crippen LogP contribution in [0.5, 0.6) is 0 Å². The van der Waals surface area contributed by atoms with Gasteiger partial charge in [0.1, 0.15) is 0 Å². The number of aliphatic hydroxyl groups is 1. The Morgan fingerprint density at radius 3 is 3.06 bits per heavy atom. The van der Waals surface area contributed by atoms with Gasteiger partial charge in [0.25, 0.3) is 0 Å². The molecule has 1 unspecified atom stereocenters. The van der Waals surface area contributed by atoms with Gasteiger partial charge in [0.05, 0.1) is 6.10 Å². The molecule has 1 atom stereocenters. The lowest BCUT2D eigenvalue weighted by Crippen LogP contribution is -2.12. The number of aryl methyl sites for hydroxylation is 2. The number of fused-ring (bicyclic) bond motifs is 1. The molecule has 3 rings (SSSR count). The van der Waals surface area contributed by atoms with Crippen molar-refractivity contribution < 1.29 is 5.11 Å². The topological polar surface area (TPSA) is 43.0 Å². The van der Waals surface area contributed by atoms with Crippen LogP contribution in [0.1, 0.15) is 42.8 Å². The maximum atomic E-state index is 10.1. The second-order valence-corrected chi connectivity index (χ2v) is 4.96. The zero-order valence-corrected chi connectivity index (χ0v) is 10.9. The lowest BCUT2D eigenvalue weighted by molar-refractivity contribution is 0.156. The predicted molar refractivity (Wildman–Crippen MR) is 69.9 cm³/mol. The molecule has 2 heterocycles. The molecule has 0 saturated heterocycles. The second kappa shape index (κ2) is 4.28. The van der Waals surface area contributed by atoms with E-state index in [4.69, 9.17) is 0 Å². The van der Waals surface area contributed by atoms with Crippen LogP contribution in [0.4, 0.5) is 0 Å². The van der Waals surface area contributed by atoms with Crippen LogP contribution >= 0.6 is 0 Å².